The third-order valence-corrected chi connectivity index (χ3v) is 4.75. The molecule has 1 fully saturated rings. The zero-order chi connectivity index (χ0) is 18.4. The SMILES string of the molecule is O=C(N/N=C\c1ccc(Cl)cc1Cl)[C@@H](c1ccncc1)[NH+]1CCOCC1. The van der Waals surface area contributed by atoms with Crippen molar-refractivity contribution in [2.24, 2.45) is 5.10 Å². The number of hydrogen-bond donors (Lipinski definition) is 2. The first-order valence-electron chi connectivity index (χ1n) is 8.25. The van der Waals surface area contributed by atoms with Crippen LogP contribution in [0.15, 0.2) is 47.8 Å². The van der Waals surface area contributed by atoms with E-state index in [4.69, 9.17) is 27.9 Å². The van der Waals surface area contributed by atoms with Crippen LogP contribution in [0.4, 0.5) is 0 Å². The van der Waals surface area contributed by atoms with Gasteiger partial charge in [0.1, 0.15) is 13.1 Å². The second-order valence-corrected chi connectivity index (χ2v) is 6.73. The van der Waals surface area contributed by atoms with E-state index in [2.05, 4.69) is 15.5 Å². The van der Waals surface area contributed by atoms with E-state index in [1.165, 1.54) is 6.21 Å². The Morgan fingerprint density at radius 2 is 1.96 bits per heavy atom. The molecule has 8 heteroatoms. The fourth-order valence-corrected chi connectivity index (χ4v) is 3.34. The number of nitrogens with zero attached hydrogens (tertiary/aromatic N) is 2. The van der Waals surface area contributed by atoms with Crippen LogP contribution in [-0.2, 0) is 9.53 Å². The average Bonchev–Trinajstić information content (AvgIpc) is 2.65. The van der Waals surface area contributed by atoms with Crippen molar-refractivity contribution < 1.29 is 14.4 Å². The molecule has 2 aromatic rings. The molecular formula is C18H19Cl2N4O2+. The molecule has 1 aromatic carbocycles. The van der Waals surface area contributed by atoms with Crippen LogP contribution in [-0.4, -0.2) is 43.4 Å². The van der Waals surface area contributed by atoms with Gasteiger partial charge in [-0.3, -0.25) is 9.78 Å². The topological polar surface area (TPSA) is 68.0 Å². The van der Waals surface area contributed by atoms with Gasteiger partial charge in [-0.25, -0.2) is 5.43 Å². The maximum Gasteiger partial charge on any atom is 0.303 e. The lowest BCUT2D eigenvalue weighted by molar-refractivity contribution is -0.929. The molecule has 0 saturated carbocycles. The van der Waals surface area contributed by atoms with E-state index < -0.39 is 0 Å². The summed E-state index contributed by atoms with van der Waals surface area (Å²) >= 11 is 12.0. The standard InChI is InChI=1S/C18H18Cl2N4O2/c19-15-2-1-14(16(20)11-15)12-22-23-18(25)17(13-3-5-21-6-4-13)24-7-9-26-10-8-24/h1-6,11-12,17H,7-10H2,(H,23,25)/p+1/b22-12-/t17-/m1/s1. The fourth-order valence-electron chi connectivity index (χ4n) is 2.89. The minimum atomic E-state index is -0.375. The van der Waals surface area contributed by atoms with Gasteiger partial charge in [0.25, 0.3) is 0 Å². The molecule has 0 radical (unpaired) electrons. The Labute approximate surface area is 161 Å². The Kier molecular flexibility index (Phi) is 6.57. The van der Waals surface area contributed by atoms with Crippen molar-refractivity contribution in [1.82, 2.24) is 10.4 Å². The lowest BCUT2D eigenvalue weighted by atomic mass is 10.1. The number of aromatic nitrogens is 1. The number of benzene rings is 1. The summed E-state index contributed by atoms with van der Waals surface area (Å²) in [6.45, 7) is 2.78. The number of rotatable bonds is 5. The van der Waals surface area contributed by atoms with Crippen molar-refractivity contribution in [3.63, 3.8) is 0 Å². The molecule has 2 heterocycles. The Balaban J connectivity index is 1.74. The van der Waals surface area contributed by atoms with E-state index in [0.29, 0.717) is 28.8 Å². The van der Waals surface area contributed by atoms with Crippen LogP contribution in [0.25, 0.3) is 0 Å². The molecule has 0 bridgehead atoms. The Hall–Kier alpha value is -1.99. The number of carbonyl (C=O) groups excluding carboxylic acids is 1. The molecule has 136 valence electrons. The molecule has 1 saturated heterocycles. The molecule has 6 nitrogen and oxygen atoms in total. The quantitative estimate of drug-likeness (QED) is 0.597. The van der Waals surface area contributed by atoms with Gasteiger partial charge in [0.2, 0.25) is 0 Å². The third-order valence-electron chi connectivity index (χ3n) is 4.19. The number of amides is 1. The highest BCUT2D eigenvalue weighted by atomic mass is 35.5. The summed E-state index contributed by atoms with van der Waals surface area (Å²) in [6, 6.07) is 8.42. The van der Waals surface area contributed by atoms with E-state index in [0.717, 1.165) is 23.6 Å². The summed E-state index contributed by atoms with van der Waals surface area (Å²) < 4.78 is 5.41. The molecule has 2 N–H and O–H groups in total. The number of halogens is 2. The Morgan fingerprint density at radius 3 is 2.65 bits per heavy atom. The van der Waals surface area contributed by atoms with E-state index in [1.54, 1.807) is 30.6 Å². The van der Waals surface area contributed by atoms with Gasteiger partial charge in [0.15, 0.2) is 6.04 Å². The molecule has 1 amide bonds. The van der Waals surface area contributed by atoms with Crippen molar-refractivity contribution in [3.05, 3.63) is 63.9 Å². The minimum Gasteiger partial charge on any atom is -0.370 e. The van der Waals surface area contributed by atoms with Crippen LogP contribution in [0.1, 0.15) is 17.2 Å². The van der Waals surface area contributed by atoms with Crippen molar-refractivity contribution in [2.45, 2.75) is 6.04 Å². The molecule has 0 unspecified atom stereocenters. The van der Waals surface area contributed by atoms with Crippen molar-refractivity contribution in [2.75, 3.05) is 26.3 Å². The zero-order valence-corrected chi connectivity index (χ0v) is 15.5. The van der Waals surface area contributed by atoms with Gasteiger partial charge in [-0.05, 0) is 24.3 Å². The van der Waals surface area contributed by atoms with Crippen LogP contribution in [0.2, 0.25) is 10.0 Å². The average molecular weight is 394 g/mol. The van der Waals surface area contributed by atoms with Gasteiger partial charge in [0, 0.05) is 28.5 Å². The van der Waals surface area contributed by atoms with Crippen molar-refractivity contribution in [3.8, 4) is 0 Å². The van der Waals surface area contributed by atoms with Gasteiger partial charge >= 0.3 is 5.91 Å². The van der Waals surface area contributed by atoms with Crippen LogP contribution < -0.4 is 10.3 Å². The number of ether oxygens (including phenoxy) is 1. The first-order chi connectivity index (χ1) is 12.6. The van der Waals surface area contributed by atoms with Crippen LogP contribution in [0.3, 0.4) is 0 Å². The van der Waals surface area contributed by atoms with E-state index in [-0.39, 0.29) is 11.9 Å². The summed E-state index contributed by atoms with van der Waals surface area (Å²) in [4.78, 5) is 18.0. The van der Waals surface area contributed by atoms with Crippen LogP contribution in [0.5, 0.6) is 0 Å². The van der Waals surface area contributed by atoms with E-state index in [1.807, 2.05) is 12.1 Å². The van der Waals surface area contributed by atoms with Gasteiger partial charge in [0.05, 0.1) is 24.5 Å². The second kappa shape index (κ2) is 9.09. The van der Waals surface area contributed by atoms with E-state index >= 15 is 0 Å². The lowest BCUT2D eigenvalue weighted by Crippen LogP contribution is -3.15. The van der Waals surface area contributed by atoms with Crippen molar-refractivity contribution >= 4 is 35.3 Å². The number of nitrogens with one attached hydrogen (secondary N) is 2. The molecule has 1 aromatic heterocycles. The zero-order valence-electron chi connectivity index (χ0n) is 14.0. The Bertz CT molecular complexity index is 780. The number of quaternary nitrogens is 1. The Morgan fingerprint density at radius 1 is 1.23 bits per heavy atom. The molecule has 0 spiro atoms. The molecule has 1 aliphatic rings. The number of hydrogen-bond acceptors (Lipinski definition) is 4. The summed E-state index contributed by atoms with van der Waals surface area (Å²) in [5.74, 6) is -0.186. The molecule has 3 rings (SSSR count). The number of pyridine rings is 1. The molecule has 0 aliphatic carbocycles. The summed E-state index contributed by atoms with van der Waals surface area (Å²) in [5.41, 5.74) is 4.20. The predicted molar refractivity (Wildman–Crippen MR) is 101 cm³/mol. The van der Waals surface area contributed by atoms with Gasteiger partial charge in [-0.2, -0.15) is 5.10 Å². The monoisotopic (exact) mass is 393 g/mol. The maximum absolute atomic E-state index is 12.8. The molecule has 1 aliphatic heterocycles. The lowest BCUT2D eigenvalue weighted by Gasteiger charge is -2.30. The fraction of sp³-hybridized carbons (Fsp3) is 0.278. The number of carbonyl (C=O) groups is 1. The van der Waals surface area contributed by atoms with Crippen molar-refractivity contribution in [1.29, 1.82) is 0 Å². The van der Waals surface area contributed by atoms with Crippen LogP contribution in [0, 0.1) is 0 Å². The maximum atomic E-state index is 12.8. The largest absolute Gasteiger partial charge is 0.370 e. The molecule has 26 heavy (non-hydrogen) atoms. The first-order valence-corrected chi connectivity index (χ1v) is 9.01. The molecule has 1 atom stereocenters. The van der Waals surface area contributed by atoms with Crippen LogP contribution >= 0.6 is 23.2 Å². The summed E-state index contributed by atoms with van der Waals surface area (Å²) in [5, 5.41) is 5.08. The minimum absolute atomic E-state index is 0.186. The third kappa shape index (κ3) is 4.80. The van der Waals surface area contributed by atoms with Gasteiger partial charge in [-0.15, -0.1) is 0 Å². The van der Waals surface area contributed by atoms with Gasteiger partial charge in [-0.1, -0.05) is 29.3 Å². The highest BCUT2D eigenvalue weighted by Crippen LogP contribution is 2.19. The smallest absolute Gasteiger partial charge is 0.303 e. The van der Waals surface area contributed by atoms with E-state index in [9.17, 15) is 4.79 Å². The molecular weight excluding hydrogens is 375 g/mol. The predicted octanol–water partition coefficient (Wildman–Crippen LogP) is 1.49. The normalized spacial score (nSPS) is 16.5. The highest BCUT2D eigenvalue weighted by Gasteiger charge is 2.32. The second-order valence-electron chi connectivity index (χ2n) is 5.88. The summed E-state index contributed by atoms with van der Waals surface area (Å²) in [7, 11) is 0. The first kappa shape index (κ1) is 18.8. The number of hydrazone groups is 1. The summed E-state index contributed by atoms with van der Waals surface area (Å²) in [6.07, 6.45) is 4.88. The number of morpholine rings is 1. The van der Waals surface area contributed by atoms with Gasteiger partial charge < -0.3 is 9.64 Å². The highest BCUT2D eigenvalue weighted by molar-refractivity contribution is 6.36.